The summed E-state index contributed by atoms with van der Waals surface area (Å²) in [7, 11) is -3.06. The number of aromatic nitrogens is 2. The van der Waals surface area contributed by atoms with Crippen molar-refractivity contribution in [3.63, 3.8) is 0 Å². The minimum absolute atomic E-state index is 0.0159. The van der Waals surface area contributed by atoms with Crippen molar-refractivity contribution in [1.29, 1.82) is 0 Å². The van der Waals surface area contributed by atoms with Crippen LogP contribution >= 0.6 is 11.8 Å². The van der Waals surface area contributed by atoms with Gasteiger partial charge in [-0.3, -0.25) is 4.79 Å². The Balaban J connectivity index is 1.65. The first-order valence-electron chi connectivity index (χ1n) is 9.24. The normalized spacial score (nSPS) is 19.5. The van der Waals surface area contributed by atoms with Crippen molar-refractivity contribution in [2.75, 3.05) is 17.3 Å². The summed E-state index contributed by atoms with van der Waals surface area (Å²) >= 11 is 1.28. The highest BCUT2D eigenvalue weighted by Crippen LogP contribution is 2.25. The SMILES string of the molecule is CC[C@H](C)N(C(=O)CSc1ncc(-c2ccc(F)cc2)[nH]1)[C@@H]1CCS(=O)(=O)C1. The van der Waals surface area contributed by atoms with Crippen molar-refractivity contribution in [3.05, 3.63) is 36.3 Å². The monoisotopic (exact) mass is 425 g/mol. The minimum Gasteiger partial charge on any atom is -0.335 e. The first kappa shape index (κ1) is 20.9. The van der Waals surface area contributed by atoms with Gasteiger partial charge in [-0.1, -0.05) is 18.7 Å². The smallest absolute Gasteiger partial charge is 0.233 e. The third-order valence-electron chi connectivity index (χ3n) is 5.00. The maximum atomic E-state index is 13.1. The number of H-pyrrole nitrogens is 1. The lowest BCUT2D eigenvalue weighted by atomic mass is 10.1. The molecule has 3 rings (SSSR count). The number of sulfone groups is 1. The number of hydrogen-bond donors (Lipinski definition) is 1. The molecule has 0 spiro atoms. The summed E-state index contributed by atoms with van der Waals surface area (Å²) in [5.74, 6) is -0.0197. The standard InChI is InChI=1S/C19H24FN3O3S2/c1-3-13(2)23(16-8-9-28(25,26)12-16)18(24)11-27-19-21-10-17(22-19)14-4-6-15(20)7-5-14/h4-7,10,13,16H,3,8-9,11-12H2,1-2H3,(H,21,22)/t13-,16+/m0/s1. The van der Waals surface area contributed by atoms with Crippen LogP contribution in [0.4, 0.5) is 4.39 Å². The Morgan fingerprint density at radius 3 is 2.71 bits per heavy atom. The highest BCUT2D eigenvalue weighted by molar-refractivity contribution is 7.99. The van der Waals surface area contributed by atoms with E-state index < -0.39 is 9.84 Å². The van der Waals surface area contributed by atoms with Crippen LogP contribution in [0.3, 0.4) is 0 Å². The average Bonchev–Trinajstić information content (AvgIpc) is 3.27. The van der Waals surface area contributed by atoms with Crippen molar-refractivity contribution in [2.24, 2.45) is 0 Å². The molecule has 0 aliphatic carbocycles. The van der Waals surface area contributed by atoms with Gasteiger partial charge in [0, 0.05) is 12.1 Å². The second-order valence-corrected chi connectivity index (χ2v) is 10.2. The van der Waals surface area contributed by atoms with Gasteiger partial charge in [0.05, 0.1) is 29.1 Å². The number of thioether (sulfide) groups is 1. The first-order chi connectivity index (χ1) is 13.3. The van der Waals surface area contributed by atoms with E-state index in [9.17, 15) is 17.6 Å². The largest absolute Gasteiger partial charge is 0.335 e. The fourth-order valence-electron chi connectivity index (χ4n) is 3.36. The quantitative estimate of drug-likeness (QED) is 0.689. The molecule has 1 amide bonds. The topological polar surface area (TPSA) is 83.1 Å². The van der Waals surface area contributed by atoms with Gasteiger partial charge in [0.15, 0.2) is 15.0 Å². The lowest BCUT2D eigenvalue weighted by Gasteiger charge is -2.33. The fraction of sp³-hybridized carbons (Fsp3) is 0.474. The third kappa shape index (κ3) is 4.94. The summed E-state index contributed by atoms with van der Waals surface area (Å²) in [6, 6.07) is 5.82. The number of amides is 1. The number of carbonyl (C=O) groups is 1. The van der Waals surface area contributed by atoms with Crippen molar-refractivity contribution >= 4 is 27.5 Å². The summed E-state index contributed by atoms with van der Waals surface area (Å²) in [6.45, 7) is 3.94. The Bertz CT molecular complexity index is 928. The van der Waals surface area contributed by atoms with Crippen LogP contribution in [0, 0.1) is 5.82 Å². The maximum absolute atomic E-state index is 13.1. The van der Waals surface area contributed by atoms with E-state index in [-0.39, 0.29) is 41.1 Å². The number of rotatable bonds is 7. The van der Waals surface area contributed by atoms with Gasteiger partial charge in [-0.05, 0) is 49.6 Å². The van der Waals surface area contributed by atoms with Crippen LogP contribution in [0.2, 0.25) is 0 Å². The van der Waals surface area contributed by atoms with Gasteiger partial charge in [-0.2, -0.15) is 0 Å². The van der Waals surface area contributed by atoms with E-state index in [0.29, 0.717) is 11.6 Å². The molecule has 152 valence electrons. The van der Waals surface area contributed by atoms with Crippen LogP contribution in [0.15, 0.2) is 35.6 Å². The number of hydrogen-bond acceptors (Lipinski definition) is 5. The van der Waals surface area contributed by atoms with Gasteiger partial charge in [-0.25, -0.2) is 17.8 Å². The molecule has 1 saturated heterocycles. The van der Waals surface area contributed by atoms with Crippen LogP contribution in [-0.2, 0) is 14.6 Å². The van der Waals surface area contributed by atoms with Crippen LogP contribution in [0.25, 0.3) is 11.3 Å². The Hall–Kier alpha value is -1.87. The van der Waals surface area contributed by atoms with Crippen LogP contribution < -0.4 is 0 Å². The molecule has 2 aromatic rings. The molecule has 1 fully saturated rings. The Morgan fingerprint density at radius 2 is 2.11 bits per heavy atom. The third-order valence-corrected chi connectivity index (χ3v) is 7.62. The molecule has 9 heteroatoms. The van der Waals surface area contributed by atoms with Gasteiger partial charge in [0.25, 0.3) is 0 Å². The summed E-state index contributed by atoms with van der Waals surface area (Å²) in [4.78, 5) is 22.0. The average molecular weight is 426 g/mol. The van der Waals surface area contributed by atoms with E-state index in [4.69, 9.17) is 0 Å². The first-order valence-corrected chi connectivity index (χ1v) is 12.0. The molecule has 0 unspecified atom stereocenters. The van der Waals surface area contributed by atoms with Gasteiger partial charge in [0.2, 0.25) is 5.91 Å². The highest BCUT2D eigenvalue weighted by Gasteiger charge is 2.36. The van der Waals surface area contributed by atoms with Crippen molar-refractivity contribution < 1.29 is 17.6 Å². The Morgan fingerprint density at radius 1 is 1.39 bits per heavy atom. The van der Waals surface area contributed by atoms with Gasteiger partial charge >= 0.3 is 0 Å². The number of nitrogens with zero attached hydrogens (tertiary/aromatic N) is 2. The second kappa shape index (κ2) is 8.65. The minimum atomic E-state index is -3.06. The molecular weight excluding hydrogens is 401 g/mol. The number of halogens is 1. The predicted octanol–water partition coefficient (Wildman–Crippen LogP) is 3.12. The molecule has 6 nitrogen and oxygen atoms in total. The molecule has 1 N–H and O–H groups in total. The summed E-state index contributed by atoms with van der Waals surface area (Å²) in [5.41, 5.74) is 1.56. The zero-order chi connectivity index (χ0) is 20.3. The predicted molar refractivity (Wildman–Crippen MR) is 108 cm³/mol. The molecule has 1 aliphatic heterocycles. The molecule has 1 aromatic heterocycles. The number of carbonyl (C=O) groups excluding carboxylic acids is 1. The van der Waals surface area contributed by atoms with Gasteiger partial charge in [-0.15, -0.1) is 0 Å². The van der Waals surface area contributed by atoms with Crippen LogP contribution in [0.5, 0.6) is 0 Å². The van der Waals surface area contributed by atoms with Crippen LogP contribution in [-0.4, -0.2) is 58.5 Å². The highest BCUT2D eigenvalue weighted by atomic mass is 32.2. The van der Waals surface area contributed by atoms with Crippen molar-refractivity contribution in [3.8, 4) is 11.3 Å². The molecule has 2 atom stereocenters. The zero-order valence-electron chi connectivity index (χ0n) is 15.9. The number of imidazole rings is 1. The summed E-state index contributed by atoms with van der Waals surface area (Å²) in [6.07, 6.45) is 2.91. The van der Waals surface area contributed by atoms with Crippen molar-refractivity contribution in [2.45, 2.75) is 43.9 Å². The second-order valence-electron chi connectivity index (χ2n) is 7.01. The molecule has 0 bridgehead atoms. The van der Waals surface area contributed by atoms with E-state index in [1.54, 1.807) is 23.2 Å². The maximum Gasteiger partial charge on any atom is 0.233 e. The molecule has 1 aliphatic rings. The van der Waals surface area contributed by atoms with E-state index in [1.807, 2.05) is 13.8 Å². The Labute approximate surface area is 168 Å². The number of nitrogens with one attached hydrogen (secondary N) is 1. The molecule has 28 heavy (non-hydrogen) atoms. The lowest BCUT2D eigenvalue weighted by molar-refractivity contribution is -0.132. The van der Waals surface area contributed by atoms with E-state index in [1.165, 1.54) is 23.9 Å². The van der Waals surface area contributed by atoms with Crippen molar-refractivity contribution in [1.82, 2.24) is 14.9 Å². The van der Waals surface area contributed by atoms with Crippen LogP contribution in [0.1, 0.15) is 26.7 Å². The molecule has 2 heterocycles. The van der Waals surface area contributed by atoms with Gasteiger partial charge in [0.1, 0.15) is 5.82 Å². The molecular formula is C19H24FN3O3S2. The lowest BCUT2D eigenvalue weighted by Crippen LogP contribution is -2.47. The van der Waals surface area contributed by atoms with E-state index >= 15 is 0 Å². The Kier molecular flexibility index (Phi) is 6.44. The van der Waals surface area contributed by atoms with E-state index in [2.05, 4.69) is 9.97 Å². The molecule has 0 radical (unpaired) electrons. The molecule has 1 aromatic carbocycles. The number of aromatic amines is 1. The van der Waals surface area contributed by atoms with Gasteiger partial charge < -0.3 is 9.88 Å². The molecule has 0 saturated carbocycles. The zero-order valence-corrected chi connectivity index (χ0v) is 17.5. The number of benzene rings is 1. The fourth-order valence-corrected chi connectivity index (χ4v) is 5.79. The van der Waals surface area contributed by atoms with E-state index in [0.717, 1.165) is 17.7 Å². The summed E-state index contributed by atoms with van der Waals surface area (Å²) < 4.78 is 36.7. The summed E-state index contributed by atoms with van der Waals surface area (Å²) in [5, 5.41) is 0.593.